The van der Waals surface area contributed by atoms with E-state index in [-0.39, 0.29) is 11.7 Å². The van der Waals surface area contributed by atoms with Gasteiger partial charge in [0.2, 0.25) is 0 Å². The zero-order chi connectivity index (χ0) is 12.2. The van der Waals surface area contributed by atoms with Crippen LogP contribution in [0.3, 0.4) is 0 Å². The molecule has 0 aliphatic carbocycles. The van der Waals surface area contributed by atoms with Gasteiger partial charge in [0.05, 0.1) is 23.3 Å². The first-order chi connectivity index (χ1) is 7.47. The highest BCUT2D eigenvalue weighted by Crippen LogP contribution is 2.21. The summed E-state index contributed by atoms with van der Waals surface area (Å²) in [5, 5.41) is 0. The number of carbonyl (C=O) groups is 1. The van der Waals surface area contributed by atoms with Gasteiger partial charge in [-0.25, -0.2) is 0 Å². The molecule has 0 bridgehead atoms. The van der Waals surface area contributed by atoms with Crippen LogP contribution in [0.2, 0.25) is 0 Å². The minimum Gasteiger partial charge on any atom is -0.469 e. The van der Waals surface area contributed by atoms with E-state index in [1.807, 2.05) is 18.2 Å². The van der Waals surface area contributed by atoms with Crippen LogP contribution in [0.15, 0.2) is 35.2 Å². The zero-order valence-corrected chi connectivity index (χ0v) is 10.5. The molecule has 0 aliphatic heterocycles. The molecule has 0 aliphatic rings. The molecule has 0 saturated carbocycles. The molecule has 0 amide bonds. The molecule has 0 spiro atoms. The van der Waals surface area contributed by atoms with E-state index in [1.165, 1.54) is 7.11 Å². The molecule has 1 unspecified atom stereocenters. The molecule has 0 N–H and O–H groups in total. The summed E-state index contributed by atoms with van der Waals surface area (Å²) in [5.41, 5.74) is -0.727. The van der Waals surface area contributed by atoms with Crippen molar-refractivity contribution in [2.75, 3.05) is 12.9 Å². The summed E-state index contributed by atoms with van der Waals surface area (Å²) in [6, 6.07) is 9.12. The van der Waals surface area contributed by atoms with Gasteiger partial charge in [0, 0.05) is 10.6 Å². The molecule has 3 nitrogen and oxygen atoms in total. The third kappa shape index (κ3) is 3.17. The average molecular weight is 240 g/mol. The SMILES string of the molecule is COC(=O)C(C)(C)CS(=O)c1ccccc1. The van der Waals surface area contributed by atoms with Crippen molar-refractivity contribution in [2.24, 2.45) is 5.41 Å². The number of carbonyl (C=O) groups excluding carboxylic acids is 1. The van der Waals surface area contributed by atoms with Crippen LogP contribution >= 0.6 is 0 Å². The lowest BCUT2D eigenvalue weighted by atomic mass is 9.97. The van der Waals surface area contributed by atoms with Crippen molar-refractivity contribution in [3.8, 4) is 0 Å². The maximum atomic E-state index is 12.0. The summed E-state index contributed by atoms with van der Waals surface area (Å²) in [7, 11) is 0.167. The van der Waals surface area contributed by atoms with E-state index in [4.69, 9.17) is 0 Å². The van der Waals surface area contributed by atoms with E-state index < -0.39 is 16.2 Å². The molecule has 88 valence electrons. The van der Waals surface area contributed by atoms with Gasteiger partial charge in [0.1, 0.15) is 0 Å². The van der Waals surface area contributed by atoms with Crippen LogP contribution in [0.25, 0.3) is 0 Å². The number of rotatable bonds is 4. The number of methoxy groups -OCH3 is 1. The Bertz CT molecular complexity index is 385. The third-order valence-corrected chi connectivity index (χ3v) is 4.02. The number of hydrogen-bond acceptors (Lipinski definition) is 3. The van der Waals surface area contributed by atoms with E-state index in [1.54, 1.807) is 26.0 Å². The fourth-order valence-electron chi connectivity index (χ4n) is 1.32. The van der Waals surface area contributed by atoms with Gasteiger partial charge in [-0.15, -0.1) is 0 Å². The molecule has 0 aromatic heterocycles. The summed E-state index contributed by atoms with van der Waals surface area (Å²) in [5.74, 6) is -0.0688. The van der Waals surface area contributed by atoms with Gasteiger partial charge >= 0.3 is 5.97 Å². The van der Waals surface area contributed by atoms with Crippen LogP contribution in [0, 0.1) is 5.41 Å². The Morgan fingerprint density at radius 2 is 1.88 bits per heavy atom. The van der Waals surface area contributed by atoms with Gasteiger partial charge in [0.25, 0.3) is 0 Å². The Kier molecular flexibility index (Phi) is 4.24. The zero-order valence-electron chi connectivity index (χ0n) is 9.73. The summed E-state index contributed by atoms with van der Waals surface area (Å²) < 4.78 is 16.7. The molecule has 1 rings (SSSR count). The van der Waals surface area contributed by atoms with Gasteiger partial charge in [-0.3, -0.25) is 9.00 Å². The predicted octanol–water partition coefficient (Wildman–Crippen LogP) is 1.99. The lowest BCUT2D eigenvalue weighted by Crippen LogP contribution is -2.31. The van der Waals surface area contributed by atoms with Crippen molar-refractivity contribution < 1.29 is 13.7 Å². The van der Waals surface area contributed by atoms with Gasteiger partial charge in [-0.05, 0) is 26.0 Å². The van der Waals surface area contributed by atoms with Crippen molar-refractivity contribution in [1.82, 2.24) is 0 Å². The minimum atomic E-state index is -1.18. The van der Waals surface area contributed by atoms with Crippen molar-refractivity contribution in [3.63, 3.8) is 0 Å². The molecule has 1 atom stereocenters. The van der Waals surface area contributed by atoms with Gasteiger partial charge in [0.15, 0.2) is 0 Å². The highest BCUT2D eigenvalue weighted by molar-refractivity contribution is 7.85. The lowest BCUT2D eigenvalue weighted by molar-refractivity contribution is -0.149. The first kappa shape index (κ1) is 12.9. The van der Waals surface area contributed by atoms with Crippen LogP contribution in [-0.4, -0.2) is 23.0 Å². The van der Waals surface area contributed by atoms with Crippen LogP contribution < -0.4 is 0 Å². The number of ether oxygens (including phenoxy) is 1. The Hall–Kier alpha value is -1.16. The highest BCUT2D eigenvalue weighted by Gasteiger charge is 2.31. The standard InChI is InChI=1S/C12H16O3S/c1-12(2,11(13)15-3)9-16(14)10-7-5-4-6-8-10/h4-8H,9H2,1-3H3. The lowest BCUT2D eigenvalue weighted by Gasteiger charge is -2.20. The van der Waals surface area contributed by atoms with Crippen molar-refractivity contribution >= 4 is 16.8 Å². The topological polar surface area (TPSA) is 43.4 Å². The van der Waals surface area contributed by atoms with E-state index in [0.717, 1.165) is 4.90 Å². The molecule has 4 heteroatoms. The fraction of sp³-hybridized carbons (Fsp3) is 0.417. The second-order valence-electron chi connectivity index (χ2n) is 4.18. The van der Waals surface area contributed by atoms with Gasteiger partial charge < -0.3 is 4.74 Å². The molecule has 0 fully saturated rings. The first-order valence-corrected chi connectivity index (χ1v) is 6.31. The Balaban J connectivity index is 2.76. The highest BCUT2D eigenvalue weighted by atomic mass is 32.2. The molecular weight excluding hydrogens is 224 g/mol. The molecular formula is C12H16O3S. The van der Waals surface area contributed by atoms with Crippen molar-refractivity contribution in [1.29, 1.82) is 0 Å². The van der Waals surface area contributed by atoms with Crippen molar-refractivity contribution in [2.45, 2.75) is 18.7 Å². The van der Waals surface area contributed by atoms with E-state index in [2.05, 4.69) is 4.74 Å². The van der Waals surface area contributed by atoms with Crippen LogP contribution in [-0.2, 0) is 20.3 Å². The number of benzene rings is 1. The normalized spacial score (nSPS) is 13.2. The quantitative estimate of drug-likeness (QED) is 0.756. The van der Waals surface area contributed by atoms with Crippen LogP contribution in [0.1, 0.15) is 13.8 Å². The second-order valence-corrected chi connectivity index (χ2v) is 5.63. The maximum Gasteiger partial charge on any atom is 0.312 e. The minimum absolute atomic E-state index is 0.268. The average Bonchev–Trinajstić information content (AvgIpc) is 2.28. The van der Waals surface area contributed by atoms with Gasteiger partial charge in [-0.2, -0.15) is 0 Å². The summed E-state index contributed by atoms with van der Waals surface area (Å²) in [4.78, 5) is 12.2. The molecule has 1 aromatic carbocycles. The Morgan fingerprint density at radius 1 is 1.31 bits per heavy atom. The molecule has 1 aromatic rings. The fourth-order valence-corrected chi connectivity index (χ4v) is 2.72. The first-order valence-electron chi connectivity index (χ1n) is 4.99. The number of hydrogen-bond donors (Lipinski definition) is 0. The predicted molar refractivity (Wildman–Crippen MR) is 63.5 cm³/mol. The molecule has 0 radical (unpaired) electrons. The van der Waals surface area contributed by atoms with Crippen LogP contribution in [0.4, 0.5) is 0 Å². The second kappa shape index (κ2) is 5.25. The Morgan fingerprint density at radius 3 is 2.38 bits per heavy atom. The van der Waals surface area contributed by atoms with E-state index in [0.29, 0.717) is 0 Å². The smallest absolute Gasteiger partial charge is 0.312 e. The van der Waals surface area contributed by atoms with E-state index >= 15 is 0 Å². The van der Waals surface area contributed by atoms with E-state index in [9.17, 15) is 9.00 Å². The monoisotopic (exact) mass is 240 g/mol. The Labute approximate surface area is 98.3 Å². The summed E-state index contributed by atoms with van der Waals surface area (Å²) in [6.07, 6.45) is 0. The maximum absolute atomic E-state index is 12.0. The van der Waals surface area contributed by atoms with Gasteiger partial charge in [-0.1, -0.05) is 18.2 Å². The largest absolute Gasteiger partial charge is 0.469 e. The molecule has 0 heterocycles. The summed E-state index contributed by atoms with van der Waals surface area (Å²) >= 11 is 0. The molecule has 16 heavy (non-hydrogen) atoms. The summed E-state index contributed by atoms with van der Waals surface area (Å²) in [6.45, 7) is 3.47. The molecule has 0 saturated heterocycles. The third-order valence-electron chi connectivity index (χ3n) is 2.24. The number of esters is 1. The van der Waals surface area contributed by atoms with Crippen molar-refractivity contribution in [3.05, 3.63) is 30.3 Å². The van der Waals surface area contributed by atoms with Crippen LogP contribution in [0.5, 0.6) is 0 Å².